The third-order valence-electron chi connectivity index (χ3n) is 3.34. The fourth-order valence-corrected chi connectivity index (χ4v) is 3.08. The van der Waals surface area contributed by atoms with Gasteiger partial charge in [0.05, 0.1) is 4.90 Å². The van der Waals surface area contributed by atoms with E-state index in [1.54, 1.807) is 0 Å². The maximum absolute atomic E-state index is 12.3. The molecule has 2 aromatic rings. The van der Waals surface area contributed by atoms with E-state index >= 15 is 0 Å². The van der Waals surface area contributed by atoms with Crippen molar-refractivity contribution in [3.8, 4) is 5.75 Å². The summed E-state index contributed by atoms with van der Waals surface area (Å²) in [6.07, 6.45) is -4.43. The molecule has 2 rings (SSSR count). The van der Waals surface area contributed by atoms with Crippen molar-refractivity contribution in [3.05, 3.63) is 59.7 Å². The number of rotatable bonds is 7. The van der Waals surface area contributed by atoms with Crippen LogP contribution < -0.4 is 9.46 Å². The molecule has 5 nitrogen and oxygen atoms in total. The quantitative estimate of drug-likeness (QED) is 0.740. The van der Waals surface area contributed by atoms with Crippen LogP contribution >= 0.6 is 0 Å². The number of hydrogen-bond acceptors (Lipinski definition) is 4. The van der Waals surface area contributed by atoms with Crippen molar-refractivity contribution in [2.24, 2.45) is 0 Å². The van der Waals surface area contributed by atoms with Gasteiger partial charge in [0.15, 0.2) is 12.4 Å². The largest absolute Gasteiger partial charge is 0.484 e. The maximum atomic E-state index is 12.3. The van der Waals surface area contributed by atoms with Crippen LogP contribution in [0.5, 0.6) is 5.75 Å². The summed E-state index contributed by atoms with van der Waals surface area (Å²) in [6, 6.07) is 11.2. The van der Waals surface area contributed by atoms with Gasteiger partial charge in [-0.2, -0.15) is 13.2 Å². The summed E-state index contributed by atoms with van der Waals surface area (Å²) < 4.78 is 67.8. The molecule has 0 aliphatic carbocycles. The van der Waals surface area contributed by atoms with E-state index in [1.807, 2.05) is 0 Å². The molecule has 0 heterocycles. The number of carbonyl (C=O) groups excluding carboxylic acids is 1. The van der Waals surface area contributed by atoms with Crippen LogP contribution in [0.25, 0.3) is 0 Å². The van der Waals surface area contributed by atoms with Crippen molar-refractivity contribution < 1.29 is 31.1 Å². The van der Waals surface area contributed by atoms with E-state index in [9.17, 15) is 26.4 Å². The predicted molar refractivity (Wildman–Crippen MR) is 88.5 cm³/mol. The lowest BCUT2D eigenvalue weighted by Crippen LogP contribution is -2.23. The molecule has 0 bridgehead atoms. The smallest absolute Gasteiger partial charge is 0.422 e. The molecule has 2 aromatic carbocycles. The molecular weight excluding hydrogens is 371 g/mol. The van der Waals surface area contributed by atoms with Gasteiger partial charge in [-0.3, -0.25) is 4.79 Å². The summed E-state index contributed by atoms with van der Waals surface area (Å²) in [6.45, 7) is -0.126. The van der Waals surface area contributed by atoms with Crippen molar-refractivity contribution in [1.29, 1.82) is 0 Å². The summed E-state index contributed by atoms with van der Waals surface area (Å²) in [7, 11) is -3.84. The molecule has 0 saturated carbocycles. The molecule has 26 heavy (non-hydrogen) atoms. The Balaban J connectivity index is 2.01. The van der Waals surface area contributed by atoms with E-state index in [2.05, 4.69) is 9.46 Å². The van der Waals surface area contributed by atoms with E-state index in [0.29, 0.717) is 5.56 Å². The van der Waals surface area contributed by atoms with Gasteiger partial charge in [-0.25, -0.2) is 13.1 Å². The molecular formula is C17H16F3NO4S. The summed E-state index contributed by atoms with van der Waals surface area (Å²) in [5, 5.41) is 0. The second-order valence-corrected chi connectivity index (χ2v) is 7.22. The van der Waals surface area contributed by atoms with E-state index in [-0.39, 0.29) is 28.5 Å². The minimum absolute atomic E-state index is 0.0306. The summed E-state index contributed by atoms with van der Waals surface area (Å²) in [5.74, 6) is -0.223. The fourth-order valence-electron chi connectivity index (χ4n) is 2.01. The van der Waals surface area contributed by atoms with Crippen LogP contribution in [0.15, 0.2) is 53.4 Å². The molecule has 0 aliphatic heterocycles. The molecule has 1 N–H and O–H groups in total. The number of Topliss-reactive ketones (excluding diaryl/α,β-unsaturated/α-hetero) is 1. The number of hydrogen-bond donors (Lipinski definition) is 1. The Kier molecular flexibility index (Phi) is 6.04. The van der Waals surface area contributed by atoms with Crippen LogP contribution in [0.1, 0.15) is 22.8 Å². The van der Waals surface area contributed by atoms with Gasteiger partial charge in [-0.05, 0) is 36.8 Å². The molecule has 0 unspecified atom stereocenters. The lowest BCUT2D eigenvalue weighted by atomic mass is 10.2. The first-order valence-corrected chi connectivity index (χ1v) is 8.94. The highest BCUT2D eigenvalue weighted by molar-refractivity contribution is 7.89. The predicted octanol–water partition coefficient (Wildman–Crippen LogP) is 3.31. The first-order chi connectivity index (χ1) is 12.1. The fraction of sp³-hybridized carbons (Fsp3) is 0.235. The van der Waals surface area contributed by atoms with Gasteiger partial charge < -0.3 is 4.74 Å². The number of halogens is 3. The molecule has 9 heteroatoms. The zero-order valence-corrected chi connectivity index (χ0v) is 14.5. The van der Waals surface area contributed by atoms with Crippen molar-refractivity contribution >= 4 is 15.8 Å². The average Bonchev–Trinajstić information content (AvgIpc) is 2.58. The number of benzene rings is 2. The first-order valence-electron chi connectivity index (χ1n) is 7.46. The number of carbonyl (C=O) groups is 1. The number of sulfonamides is 1. The zero-order chi connectivity index (χ0) is 19.4. The maximum Gasteiger partial charge on any atom is 0.422 e. The summed E-state index contributed by atoms with van der Waals surface area (Å²) in [5.41, 5.74) is 0.815. The highest BCUT2D eigenvalue weighted by atomic mass is 32.2. The lowest BCUT2D eigenvalue weighted by Gasteiger charge is -2.10. The van der Waals surface area contributed by atoms with Crippen molar-refractivity contribution in [2.45, 2.75) is 24.5 Å². The Bertz CT molecular complexity index is 878. The minimum Gasteiger partial charge on any atom is -0.484 e. The highest BCUT2D eigenvalue weighted by Gasteiger charge is 2.28. The Morgan fingerprint density at radius 2 is 1.77 bits per heavy atom. The molecule has 0 radical (unpaired) electrons. The highest BCUT2D eigenvalue weighted by Crippen LogP contribution is 2.19. The molecule has 0 aliphatic rings. The van der Waals surface area contributed by atoms with Gasteiger partial charge in [0.2, 0.25) is 10.0 Å². The monoisotopic (exact) mass is 387 g/mol. The average molecular weight is 387 g/mol. The SMILES string of the molecule is CC(=O)c1cccc(S(=O)(=O)NCc2ccc(OCC(F)(F)F)cc2)c1. The van der Waals surface area contributed by atoms with Crippen LogP contribution in [0.2, 0.25) is 0 Å². The molecule has 0 saturated heterocycles. The van der Waals surface area contributed by atoms with Gasteiger partial charge in [-0.1, -0.05) is 24.3 Å². The topological polar surface area (TPSA) is 72.5 Å². The van der Waals surface area contributed by atoms with Gasteiger partial charge in [-0.15, -0.1) is 0 Å². The molecule has 0 spiro atoms. The van der Waals surface area contributed by atoms with Crippen LogP contribution in [0, 0.1) is 0 Å². The normalized spacial score (nSPS) is 12.0. The second kappa shape index (κ2) is 7.88. The Hall–Kier alpha value is -2.39. The van der Waals surface area contributed by atoms with Crippen molar-refractivity contribution in [2.75, 3.05) is 6.61 Å². The summed E-state index contributed by atoms with van der Waals surface area (Å²) >= 11 is 0. The van der Waals surface area contributed by atoms with E-state index in [4.69, 9.17) is 0 Å². The molecule has 0 fully saturated rings. The first kappa shape index (κ1) is 19.9. The molecule has 140 valence electrons. The third kappa shape index (κ3) is 5.85. The number of nitrogens with one attached hydrogen (secondary N) is 1. The minimum atomic E-state index is -4.43. The van der Waals surface area contributed by atoms with Crippen LogP contribution in [0.3, 0.4) is 0 Å². The number of ether oxygens (including phenoxy) is 1. The number of ketones is 1. The third-order valence-corrected chi connectivity index (χ3v) is 4.74. The van der Waals surface area contributed by atoms with Gasteiger partial charge in [0, 0.05) is 12.1 Å². The lowest BCUT2D eigenvalue weighted by molar-refractivity contribution is -0.153. The van der Waals surface area contributed by atoms with Crippen LogP contribution in [-0.4, -0.2) is 27.0 Å². The van der Waals surface area contributed by atoms with Gasteiger partial charge in [0.25, 0.3) is 0 Å². The zero-order valence-electron chi connectivity index (χ0n) is 13.7. The van der Waals surface area contributed by atoms with E-state index in [0.717, 1.165) is 0 Å². The van der Waals surface area contributed by atoms with E-state index < -0.39 is 22.8 Å². The molecule has 0 atom stereocenters. The van der Waals surface area contributed by atoms with E-state index in [1.165, 1.54) is 55.5 Å². The molecule has 0 aromatic heterocycles. The second-order valence-electron chi connectivity index (χ2n) is 5.46. The Morgan fingerprint density at radius 1 is 1.12 bits per heavy atom. The Labute approximate surface area is 148 Å². The van der Waals surface area contributed by atoms with Crippen LogP contribution in [0.4, 0.5) is 13.2 Å². The Morgan fingerprint density at radius 3 is 2.35 bits per heavy atom. The van der Waals surface area contributed by atoms with Crippen molar-refractivity contribution in [1.82, 2.24) is 4.72 Å². The standard InChI is InChI=1S/C17H16F3NO4S/c1-12(22)14-3-2-4-16(9-14)26(23,24)21-10-13-5-7-15(8-6-13)25-11-17(18,19)20/h2-9,21H,10-11H2,1H3. The van der Waals surface area contributed by atoms with Gasteiger partial charge >= 0.3 is 6.18 Å². The van der Waals surface area contributed by atoms with Crippen molar-refractivity contribution in [3.63, 3.8) is 0 Å². The summed E-state index contributed by atoms with van der Waals surface area (Å²) in [4.78, 5) is 11.3. The molecule has 0 amide bonds. The van der Waals surface area contributed by atoms with Gasteiger partial charge in [0.1, 0.15) is 5.75 Å². The van der Waals surface area contributed by atoms with Crippen LogP contribution in [-0.2, 0) is 16.6 Å². The number of alkyl halides is 3.